The van der Waals surface area contributed by atoms with Gasteiger partial charge in [-0.05, 0) is 78.2 Å². The third-order valence-corrected chi connectivity index (χ3v) is 9.18. The van der Waals surface area contributed by atoms with Gasteiger partial charge in [-0.25, -0.2) is 4.79 Å². The first kappa shape index (κ1) is 40.8. The molecule has 0 aliphatic carbocycles. The van der Waals surface area contributed by atoms with Gasteiger partial charge in [-0.2, -0.15) is 23.8 Å². The molecule has 0 unspecified atom stereocenters. The summed E-state index contributed by atoms with van der Waals surface area (Å²) in [4.78, 5) is 10.4. The first-order chi connectivity index (χ1) is 28.3. The normalized spacial score (nSPS) is 11.9. The van der Waals surface area contributed by atoms with Gasteiger partial charge in [0, 0.05) is 29.7 Å². The lowest BCUT2D eigenvalue weighted by molar-refractivity contribution is 0.0696. The molecular formula is C39H32N8O11S. The molecule has 0 aliphatic heterocycles. The Labute approximate surface area is 335 Å². The second-order valence-corrected chi connectivity index (χ2v) is 13.4. The molecule has 0 atom stereocenters. The first-order valence-corrected chi connectivity index (χ1v) is 18.3. The van der Waals surface area contributed by atoms with Crippen LogP contribution in [-0.4, -0.2) is 62.7 Å². The van der Waals surface area contributed by atoms with Gasteiger partial charge >= 0.3 is 5.97 Å². The van der Waals surface area contributed by atoms with Gasteiger partial charge in [-0.15, -0.1) is 25.6 Å². The molecule has 0 aromatic heterocycles. The number of hydrogen-bond acceptors (Lipinski definition) is 17. The number of carbonyl (C=O) groups is 1. The number of phenolic OH excluding ortho intramolecular Hbond substituents is 2. The summed E-state index contributed by atoms with van der Waals surface area (Å²) in [7, 11) is 0.601. The van der Waals surface area contributed by atoms with Gasteiger partial charge in [-0.1, -0.05) is 0 Å². The largest absolute Gasteiger partial charge is 0.508 e. The smallest absolute Gasteiger partial charge is 0.335 e. The summed E-state index contributed by atoms with van der Waals surface area (Å²) >= 11 is 0. The van der Waals surface area contributed by atoms with E-state index in [0.29, 0.717) is 17.1 Å². The summed E-state index contributed by atoms with van der Waals surface area (Å²) in [5.41, 5.74) is 1.41. The highest BCUT2D eigenvalue weighted by Gasteiger charge is 2.23. The summed E-state index contributed by atoms with van der Waals surface area (Å²) in [6, 6.07) is 23.2. The highest BCUT2D eigenvalue weighted by atomic mass is 32.2. The topological polar surface area (TPSA) is 268 Å². The Morgan fingerprint density at radius 1 is 0.525 bits per heavy atom. The van der Waals surface area contributed by atoms with E-state index < -0.39 is 32.4 Å². The van der Waals surface area contributed by atoms with Crippen LogP contribution in [-0.2, 0) is 10.1 Å². The minimum atomic E-state index is -4.95. The third-order valence-electron chi connectivity index (χ3n) is 8.31. The van der Waals surface area contributed by atoms with Crippen molar-refractivity contribution in [2.24, 2.45) is 40.9 Å². The van der Waals surface area contributed by atoms with Gasteiger partial charge in [0.15, 0.2) is 5.75 Å². The van der Waals surface area contributed by atoms with Crippen molar-refractivity contribution in [3.05, 3.63) is 103 Å². The number of ether oxygens (including phenoxy) is 4. The van der Waals surface area contributed by atoms with Crippen LogP contribution in [0.1, 0.15) is 10.4 Å². The highest BCUT2D eigenvalue weighted by Crippen LogP contribution is 2.46. The summed E-state index contributed by atoms with van der Waals surface area (Å²) < 4.78 is 57.2. The molecule has 0 saturated carbocycles. The number of aromatic hydroxyl groups is 2. The van der Waals surface area contributed by atoms with E-state index in [1.807, 2.05) is 0 Å². The molecule has 0 amide bonds. The Kier molecular flexibility index (Phi) is 12.1. The number of carboxylic acid groups (broad SMARTS) is 1. The molecular weight excluding hydrogens is 789 g/mol. The van der Waals surface area contributed by atoms with E-state index in [1.165, 1.54) is 107 Å². The second kappa shape index (κ2) is 17.5. The van der Waals surface area contributed by atoms with Crippen molar-refractivity contribution >= 4 is 72.4 Å². The molecule has 0 spiro atoms. The van der Waals surface area contributed by atoms with E-state index in [4.69, 9.17) is 24.1 Å². The van der Waals surface area contributed by atoms with E-state index in [0.717, 1.165) is 6.07 Å². The fraction of sp³-hybridized carbons (Fsp3) is 0.103. The van der Waals surface area contributed by atoms with Crippen molar-refractivity contribution < 1.29 is 52.0 Å². The third kappa shape index (κ3) is 9.42. The van der Waals surface area contributed by atoms with Crippen LogP contribution >= 0.6 is 0 Å². The van der Waals surface area contributed by atoms with E-state index in [-0.39, 0.29) is 67.8 Å². The monoisotopic (exact) mass is 820 g/mol. The summed E-state index contributed by atoms with van der Waals surface area (Å²) in [6.45, 7) is 0. The Balaban J connectivity index is 1.31. The van der Waals surface area contributed by atoms with E-state index >= 15 is 0 Å². The summed E-state index contributed by atoms with van der Waals surface area (Å²) in [5, 5.41) is 63.6. The fourth-order valence-electron chi connectivity index (χ4n) is 5.37. The van der Waals surface area contributed by atoms with Crippen LogP contribution in [0.3, 0.4) is 0 Å². The number of fused-ring (bicyclic) bond motifs is 1. The summed E-state index contributed by atoms with van der Waals surface area (Å²) in [6.07, 6.45) is 0. The molecule has 19 nitrogen and oxygen atoms in total. The van der Waals surface area contributed by atoms with E-state index in [9.17, 15) is 28.0 Å². The molecule has 20 heteroatoms. The first-order valence-electron chi connectivity index (χ1n) is 16.9. The fourth-order valence-corrected chi connectivity index (χ4v) is 6.02. The summed E-state index contributed by atoms with van der Waals surface area (Å²) in [5.74, 6) is -0.851. The maximum absolute atomic E-state index is 12.5. The van der Waals surface area contributed by atoms with Gasteiger partial charge < -0.3 is 34.3 Å². The van der Waals surface area contributed by atoms with Crippen LogP contribution in [0.4, 0.5) is 45.5 Å². The van der Waals surface area contributed by atoms with Crippen molar-refractivity contribution in [1.82, 2.24) is 0 Å². The predicted octanol–water partition coefficient (Wildman–Crippen LogP) is 10.9. The lowest BCUT2D eigenvalue weighted by atomic mass is 10.1. The second-order valence-electron chi connectivity index (χ2n) is 12.0. The molecule has 0 saturated heterocycles. The maximum Gasteiger partial charge on any atom is 0.335 e. The number of nitrogens with zero attached hydrogens (tertiary/aromatic N) is 8. The van der Waals surface area contributed by atoms with Gasteiger partial charge in [0.25, 0.3) is 10.1 Å². The molecule has 59 heavy (non-hydrogen) atoms. The quantitative estimate of drug-likeness (QED) is 0.0592. The average molecular weight is 821 g/mol. The number of phenols is 2. The predicted molar refractivity (Wildman–Crippen MR) is 213 cm³/mol. The van der Waals surface area contributed by atoms with Crippen LogP contribution in [0, 0.1) is 0 Å². The van der Waals surface area contributed by atoms with Crippen molar-refractivity contribution in [3.8, 4) is 34.5 Å². The van der Waals surface area contributed by atoms with Crippen LogP contribution in [0.2, 0.25) is 0 Å². The lowest BCUT2D eigenvalue weighted by Crippen LogP contribution is -1.99. The number of benzene rings is 6. The van der Waals surface area contributed by atoms with Gasteiger partial charge in [0.2, 0.25) is 0 Å². The highest BCUT2D eigenvalue weighted by molar-refractivity contribution is 7.86. The van der Waals surface area contributed by atoms with E-state index in [1.54, 1.807) is 12.1 Å². The molecule has 6 aromatic carbocycles. The molecule has 6 aromatic rings. The van der Waals surface area contributed by atoms with Gasteiger partial charge in [-0.3, -0.25) is 4.55 Å². The Morgan fingerprint density at radius 2 is 0.932 bits per heavy atom. The molecule has 0 bridgehead atoms. The van der Waals surface area contributed by atoms with Crippen LogP contribution < -0.4 is 18.9 Å². The van der Waals surface area contributed by atoms with E-state index in [2.05, 4.69) is 40.9 Å². The minimum absolute atomic E-state index is 0.0284. The Morgan fingerprint density at radius 3 is 1.39 bits per heavy atom. The van der Waals surface area contributed by atoms with Gasteiger partial charge in [0.1, 0.15) is 62.1 Å². The van der Waals surface area contributed by atoms with Crippen molar-refractivity contribution in [3.63, 3.8) is 0 Å². The number of azo groups is 4. The number of methoxy groups -OCH3 is 4. The molecule has 0 heterocycles. The number of hydrogen-bond donors (Lipinski definition) is 4. The number of aromatic carboxylic acids is 1. The molecule has 0 aliphatic rings. The van der Waals surface area contributed by atoms with Crippen molar-refractivity contribution in [2.75, 3.05) is 28.4 Å². The van der Waals surface area contributed by atoms with Crippen molar-refractivity contribution in [2.45, 2.75) is 4.90 Å². The van der Waals surface area contributed by atoms with Crippen molar-refractivity contribution in [1.29, 1.82) is 0 Å². The molecule has 4 N–H and O–H groups in total. The van der Waals surface area contributed by atoms with Crippen LogP contribution in [0.15, 0.2) is 143 Å². The maximum atomic E-state index is 12.5. The molecule has 6 rings (SSSR count). The molecule has 300 valence electrons. The number of carboxylic acids is 1. The minimum Gasteiger partial charge on any atom is -0.508 e. The molecule has 0 radical (unpaired) electrons. The standard InChI is InChI=1S/C39H32N8O11S/c1-55-32-18-29(33(56-2)17-28(32)43-41-23-7-5-21(6-8-23)39(50)51)44-45-30-19-35(58-4)31(20-34(30)57-3)46-47-37-36(59(52,53)54)16-22-15-25(11-14-27(22)38(37)49)42-40-24-9-12-26(48)13-10-24/h5-20,48-49H,1-4H3,(H,50,51)(H,52,53,54). The Hall–Kier alpha value is -7.84. The number of rotatable bonds is 14. The SMILES string of the molecule is COc1cc(N=Nc2cc(OC)c(N=Nc3c(S(=O)(=O)O)cc4cc(N=Nc5ccc(O)cc5)ccc4c3O)cc2OC)c(OC)cc1N=Nc1ccc(C(=O)O)cc1. The average Bonchev–Trinajstić information content (AvgIpc) is 3.23. The van der Waals surface area contributed by atoms with Gasteiger partial charge in [0.05, 0.1) is 51.1 Å². The zero-order valence-electron chi connectivity index (χ0n) is 31.4. The lowest BCUT2D eigenvalue weighted by Gasteiger charge is -2.11. The van der Waals surface area contributed by atoms with Crippen LogP contribution in [0.25, 0.3) is 10.8 Å². The zero-order valence-corrected chi connectivity index (χ0v) is 32.2. The molecule has 0 fully saturated rings. The van der Waals surface area contributed by atoms with Crippen LogP contribution in [0.5, 0.6) is 34.5 Å². The zero-order chi connectivity index (χ0) is 42.3. The Bertz CT molecular complexity index is 2790.